The molecule has 0 radical (unpaired) electrons. The van der Waals surface area contributed by atoms with E-state index in [9.17, 15) is 0 Å². The number of hydrogen-bond donors (Lipinski definition) is 0. The van der Waals surface area contributed by atoms with Crippen molar-refractivity contribution in [2.24, 2.45) is 0 Å². The molecule has 1 atom stereocenters. The number of aromatic nitrogens is 6. The summed E-state index contributed by atoms with van der Waals surface area (Å²) in [6.07, 6.45) is 6.87. The smallest absolute Gasteiger partial charge is 0.173 e. The summed E-state index contributed by atoms with van der Waals surface area (Å²) in [6, 6.07) is 3.97. The summed E-state index contributed by atoms with van der Waals surface area (Å²) in [6.45, 7) is 9.47. The van der Waals surface area contributed by atoms with Crippen LogP contribution in [0.5, 0.6) is 0 Å². The van der Waals surface area contributed by atoms with Crippen molar-refractivity contribution in [2.45, 2.75) is 32.4 Å². The van der Waals surface area contributed by atoms with Gasteiger partial charge in [0.05, 0.1) is 27.3 Å². The number of hydrogen-bond acceptors (Lipinski definition) is 7. The highest BCUT2D eigenvalue weighted by Crippen LogP contribution is 2.35. The number of rotatable bonds is 4. The van der Waals surface area contributed by atoms with Crippen molar-refractivity contribution in [1.29, 1.82) is 0 Å². The number of pyridine rings is 2. The van der Waals surface area contributed by atoms with Gasteiger partial charge in [0.15, 0.2) is 5.82 Å². The highest BCUT2D eigenvalue weighted by molar-refractivity contribution is 6.38. The molecule has 0 amide bonds. The Kier molecular flexibility index (Phi) is 5.90. The lowest BCUT2D eigenvalue weighted by Gasteiger charge is -2.40. The number of piperazine rings is 1. The second kappa shape index (κ2) is 8.45. The van der Waals surface area contributed by atoms with Crippen LogP contribution in [0.25, 0.3) is 0 Å². The van der Waals surface area contributed by atoms with Crippen LogP contribution in [-0.4, -0.2) is 61.3 Å². The normalized spacial score (nSPS) is 16.6. The zero-order valence-electron chi connectivity index (χ0n) is 17.2. The van der Waals surface area contributed by atoms with Crippen molar-refractivity contribution >= 4 is 28.9 Å². The average molecular weight is 447 g/mol. The van der Waals surface area contributed by atoms with Gasteiger partial charge in [0.1, 0.15) is 0 Å². The summed E-state index contributed by atoms with van der Waals surface area (Å²) < 4.78 is 1.90. The largest absolute Gasteiger partial charge is 0.366 e. The van der Waals surface area contributed by atoms with Crippen LogP contribution in [0.15, 0.2) is 36.9 Å². The molecule has 3 aromatic rings. The van der Waals surface area contributed by atoms with Crippen molar-refractivity contribution in [3.8, 4) is 0 Å². The molecule has 4 heterocycles. The second-order valence-electron chi connectivity index (χ2n) is 8.28. The molecule has 0 spiro atoms. The third-order valence-electron chi connectivity index (χ3n) is 5.22. The van der Waals surface area contributed by atoms with E-state index in [4.69, 9.17) is 23.2 Å². The van der Waals surface area contributed by atoms with Gasteiger partial charge in [-0.3, -0.25) is 14.9 Å². The number of nitrogens with zero attached hydrogens (tertiary/aromatic N) is 8. The van der Waals surface area contributed by atoms with Gasteiger partial charge in [0.2, 0.25) is 0 Å². The van der Waals surface area contributed by atoms with Gasteiger partial charge in [0.25, 0.3) is 0 Å². The van der Waals surface area contributed by atoms with Gasteiger partial charge in [0, 0.05) is 51.0 Å². The van der Waals surface area contributed by atoms with Crippen LogP contribution in [0.3, 0.4) is 0 Å². The molecule has 0 aromatic carbocycles. The maximum atomic E-state index is 6.37. The summed E-state index contributed by atoms with van der Waals surface area (Å²) in [7, 11) is 0. The van der Waals surface area contributed by atoms with Gasteiger partial charge in [-0.05, 0) is 48.9 Å². The molecule has 0 bridgehead atoms. The van der Waals surface area contributed by atoms with Gasteiger partial charge < -0.3 is 4.90 Å². The molecule has 3 aromatic heterocycles. The number of tetrazole rings is 1. The molecule has 1 fully saturated rings. The van der Waals surface area contributed by atoms with Gasteiger partial charge >= 0.3 is 0 Å². The molecule has 0 N–H and O–H groups in total. The molecule has 4 rings (SSSR count). The van der Waals surface area contributed by atoms with Gasteiger partial charge in [-0.15, -0.1) is 5.10 Å². The Morgan fingerprint density at radius 2 is 1.57 bits per heavy atom. The van der Waals surface area contributed by atoms with E-state index in [2.05, 4.69) is 56.1 Å². The Hall–Kier alpha value is -2.29. The van der Waals surface area contributed by atoms with Crippen LogP contribution >= 0.6 is 23.2 Å². The second-order valence-corrected chi connectivity index (χ2v) is 9.09. The first-order chi connectivity index (χ1) is 14.4. The number of halogens is 2. The highest BCUT2D eigenvalue weighted by Gasteiger charge is 2.33. The first-order valence-corrected chi connectivity index (χ1v) is 10.6. The first-order valence-electron chi connectivity index (χ1n) is 9.83. The van der Waals surface area contributed by atoms with Crippen molar-refractivity contribution in [2.75, 3.05) is 31.1 Å². The minimum absolute atomic E-state index is 0.0761. The molecular weight excluding hydrogens is 423 g/mol. The van der Waals surface area contributed by atoms with Crippen LogP contribution in [0.4, 0.5) is 5.69 Å². The molecule has 10 heteroatoms. The molecule has 1 aliphatic heterocycles. The molecular formula is C20H24Cl2N8. The maximum Gasteiger partial charge on any atom is 0.173 e. The topological polar surface area (TPSA) is 75.9 Å². The fraction of sp³-hybridized carbons (Fsp3) is 0.450. The third-order valence-corrected chi connectivity index (χ3v) is 5.77. The van der Waals surface area contributed by atoms with Crippen LogP contribution in [0, 0.1) is 0 Å². The lowest BCUT2D eigenvalue weighted by Crippen LogP contribution is -2.49. The van der Waals surface area contributed by atoms with Crippen LogP contribution < -0.4 is 4.90 Å². The predicted octanol–water partition coefficient (Wildman–Crippen LogP) is 3.44. The average Bonchev–Trinajstić information content (AvgIpc) is 3.20. The minimum atomic E-state index is -0.232. The van der Waals surface area contributed by atoms with Gasteiger partial charge in [-0.25, -0.2) is 4.68 Å². The van der Waals surface area contributed by atoms with Crippen molar-refractivity contribution in [1.82, 2.24) is 35.1 Å². The van der Waals surface area contributed by atoms with Gasteiger partial charge in [-0.1, -0.05) is 23.2 Å². The van der Waals surface area contributed by atoms with E-state index in [0.717, 1.165) is 43.3 Å². The van der Waals surface area contributed by atoms with E-state index in [0.29, 0.717) is 10.0 Å². The minimum Gasteiger partial charge on any atom is -0.366 e. The molecule has 8 nitrogen and oxygen atoms in total. The van der Waals surface area contributed by atoms with Crippen LogP contribution in [0.2, 0.25) is 10.0 Å². The third kappa shape index (κ3) is 4.12. The molecule has 0 aliphatic carbocycles. The highest BCUT2D eigenvalue weighted by atomic mass is 35.5. The van der Waals surface area contributed by atoms with E-state index in [1.54, 1.807) is 24.8 Å². The fourth-order valence-electron chi connectivity index (χ4n) is 3.82. The molecule has 30 heavy (non-hydrogen) atoms. The molecule has 1 aliphatic rings. The predicted molar refractivity (Wildman–Crippen MR) is 117 cm³/mol. The Bertz CT molecular complexity index is 973. The zero-order chi connectivity index (χ0) is 21.3. The quantitative estimate of drug-likeness (QED) is 0.607. The molecule has 158 valence electrons. The lowest BCUT2D eigenvalue weighted by molar-refractivity contribution is 0.191. The van der Waals surface area contributed by atoms with E-state index < -0.39 is 0 Å². The maximum absolute atomic E-state index is 6.37. The van der Waals surface area contributed by atoms with E-state index >= 15 is 0 Å². The SMILES string of the molecule is CC(C)(C)n1nnnc1C(c1ccncc1)N1CCN(c2c(Cl)cncc2Cl)CC1. The molecule has 1 unspecified atom stereocenters. The zero-order valence-corrected chi connectivity index (χ0v) is 18.7. The standard InChI is InChI=1S/C20H24Cl2N8/c1-20(2,3)30-19(25-26-27-30)17(14-4-6-23-7-5-14)28-8-10-29(11-9-28)18-15(21)12-24-13-16(18)22/h4-7,12-13,17H,8-11H2,1-3H3. The Morgan fingerprint density at radius 1 is 0.933 bits per heavy atom. The fourth-order valence-corrected chi connectivity index (χ4v) is 4.43. The summed E-state index contributed by atoms with van der Waals surface area (Å²) in [5, 5.41) is 13.8. The molecule has 0 saturated carbocycles. The summed E-state index contributed by atoms with van der Waals surface area (Å²) in [5.74, 6) is 0.821. The van der Waals surface area contributed by atoms with E-state index in [1.807, 2.05) is 16.8 Å². The van der Waals surface area contributed by atoms with Crippen molar-refractivity contribution in [3.63, 3.8) is 0 Å². The number of anilines is 1. The summed E-state index contributed by atoms with van der Waals surface area (Å²) in [4.78, 5) is 12.8. The van der Waals surface area contributed by atoms with Gasteiger partial charge in [-0.2, -0.15) is 0 Å². The molecule has 1 saturated heterocycles. The van der Waals surface area contributed by atoms with Crippen LogP contribution in [-0.2, 0) is 5.54 Å². The van der Waals surface area contributed by atoms with E-state index in [1.165, 1.54) is 0 Å². The summed E-state index contributed by atoms with van der Waals surface area (Å²) in [5.41, 5.74) is 1.72. The monoisotopic (exact) mass is 446 g/mol. The summed E-state index contributed by atoms with van der Waals surface area (Å²) >= 11 is 12.7. The van der Waals surface area contributed by atoms with Crippen molar-refractivity contribution < 1.29 is 0 Å². The Balaban J connectivity index is 1.64. The lowest BCUT2D eigenvalue weighted by atomic mass is 10.0. The van der Waals surface area contributed by atoms with Crippen LogP contribution in [0.1, 0.15) is 38.2 Å². The first kappa shape index (κ1) is 21.0. The Morgan fingerprint density at radius 3 is 2.17 bits per heavy atom. The van der Waals surface area contributed by atoms with E-state index in [-0.39, 0.29) is 11.6 Å². The Labute approximate surface area is 185 Å². The van der Waals surface area contributed by atoms with Crippen molar-refractivity contribution in [3.05, 3.63) is 58.4 Å².